The maximum Gasteiger partial charge on any atom is 0.161 e. The summed E-state index contributed by atoms with van der Waals surface area (Å²) in [6.45, 7) is 4.68. The van der Waals surface area contributed by atoms with Crippen LogP contribution in [0, 0.1) is 0 Å². The number of hydrogen-bond donors (Lipinski definition) is 1. The van der Waals surface area contributed by atoms with E-state index in [1.807, 2.05) is 18.2 Å². The van der Waals surface area contributed by atoms with Crippen LogP contribution in [0.2, 0.25) is 0 Å². The molecule has 3 nitrogen and oxygen atoms in total. The molecule has 0 spiro atoms. The largest absolute Gasteiger partial charge is 0.398 e. The van der Waals surface area contributed by atoms with Crippen molar-refractivity contribution >= 4 is 17.2 Å². The van der Waals surface area contributed by atoms with Crippen molar-refractivity contribution in [2.45, 2.75) is 32.7 Å². The average Bonchev–Trinajstić information content (AvgIpc) is 3.05. The van der Waals surface area contributed by atoms with Gasteiger partial charge in [-0.15, -0.1) is 0 Å². The third-order valence-electron chi connectivity index (χ3n) is 3.08. The summed E-state index contributed by atoms with van der Waals surface area (Å²) in [5.74, 6) is 0.0335. The van der Waals surface area contributed by atoms with E-state index >= 15 is 0 Å². The standard InChI is InChI=1S/C13H18N2O/c1-3-15(10-4-5-10)11-6-7-13(14)12(8-11)9(2)16/h6-8,10H,3-5,14H2,1-2H3. The van der Waals surface area contributed by atoms with Gasteiger partial charge in [0.25, 0.3) is 0 Å². The van der Waals surface area contributed by atoms with Crippen molar-refractivity contribution in [3.05, 3.63) is 23.8 Å². The summed E-state index contributed by atoms with van der Waals surface area (Å²) in [6.07, 6.45) is 2.52. The van der Waals surface area contributed by atoms with E-state index in [1.165, 1.54) is 12.8 Å². The Labute approximate surface area is 96.2 Å². The zero-order valence-corrected chi connectivity index (χ0v) is 9.86. The monoisotopic (exact) mass is 218 g/mol. The Bertz CT molecular complexity index is 410. The van der Waals surface area contributed by atoms with Crippen LogP contribution < -0.4 is 10.6 Å². The predicted octanol–water partition coefficient (Wildman–Crippen LogP) is 2.46. The van der Waals surface area contributed by atoms with Crippen LogP contribution >= 0.6 is 0 Å². The molecule has 1 saturated carbocycles. The summed E-state index contributed by atoms with van der Waals surface area (Å²) in [4.78, 5) is 13.8. The summed E-state index contributed by atoms with van der Waals surface area (Å²) in [6, 6.07) is 6.41. The van der Waals surface area contributed by atoms with Crippen molar-refractivity contribution in [1.82, 2.24) is 0 Å². The number of nitrogen functional groups attached to an aromatic ring is 1. The lowest BCUT2D eigenvalue weighted by Gasteiger charge is -2.23. The maximum atomic E-state index is 11.4. The molecule has 1 aliphatic rings. The molecular formula is C13H18N2O. The Morgan fingerprint density at radius 3 is 2.69 bits per heavy atom. The normalized spacial score (nSPS) is 14.9. The number of carbonyl (C=O) groups excluding carboxylic acids is 1. The van der Waals surface area contributed by atoms with Crippen LogP contribution in [-0.2, 0) is 0 Å². The second-order valence-corrected chi connectivity index (χ2v) is 4.34. The van der Waals surface area contributed by atoms with Crippen molar-refractivity contribution in [2.24, 2.45) is 0 Å². The molecule has 0 saturated heterocycles. The van der Waals surface area contributed by atoms with Crippen LogP contribution in [0.5, 0.6) is 0 Å². The number of rotatable bonds is 4. The number of carbonyl (C=O) groups is 1. The van der Waals surface area contributed by atoms with Gasteiger partial charge in [0.05, 0.1) is 0 Å². The highest BCUT2D eigenvalue weighted by Gasteiger charge is 2.28. The van der Waals surface area contributed by atoms with E-state index in [4.69, 9.17) is 5.73 Å². The van der Waals surface area contributed by atoms with Crippen LogP contribution in [0.1, 0.15) is 37.0 Å². The molecule has 0 aromatic heterocycles. The third-order valence-corrected chi connectivity index (χ3v) is 3.08. The molecule has 0 radical (unpaired) electrons. The molecule has 1 fully saturated rings. The first-order valence-electron chi connectivity index (χ1n) is 5.80. The van der Waals surface area contributed by atoms with Gasteiger partial charge in [-0.1, -0.05) is 0 Å². The van der Waals surface area contributed by atoms with Crippen LogP contribution in [0.4, 0.5) is 11.4 Å². The Morgan fingerprint density at radius 2 is 2.19 bits per heavy atom. The zero-order valence-electron chi connectivity index (χ0n) is 9.86. The lowest BCUT2D eigenvalue weighted by atomic mass is 10.1. The highest BCUT2D eigenvalue weighted by atomic mass is 16.1. The smallest absolute Gasteiger partial charge is 0.161 e. The third kappa shape index (κ3) is 2.03. The molecule has 2 N–H and O–H groups in total. The fourth-order valence-corrected chi connectivity index (χ4v) is 2.07. The van der Waals surface area contributed by atoms with E-state index in [-0.39, 0.29) is 5.78 Å². The molecule has 0 amide bonds. The maximum absolute atomic E-state index is 11.4. The minimum absolute atomic E-state index is 0.0335. The van der Waals surface area contributed by atoms with Gasteiger partial charge in [0.1, 0.15) is 0 Å². The number of nitrogens with zero attached hydrogens (tertiary/aromatic N) is 1. The van der Waals surface area contributed by atoms with Gasteiger partial charge in [-0.05, 0) is 44.9 Å². The van der Waals surface area contributed by atoms with E-state index < -0.39 is 0 Å². The molecule has 0 heterocycles. The highest BCUT2D eigenvalue weighted by molar-refractivity contribution is 6.00. The van der Waals surface area contributed by atoms with E-state index in [0.29, 0.717) is 17.3 Å². The predicted molar refractivity (Wildman–Crippen MR) is 66.9 cm³/mol. The second kappa shape index (κ2) is 4.16. The van der Waals surface area contributed by atoms with Crippen molar-refractivity contribution in [3.8, 4) is 0 Å². The summed E-state index contributed by atoms with van der Waals surface area (Å²) in [7, 11) is 0. The van der Waals surface area contributed by atoms with Gasteiger partial charge in [0, 0.05) is 29.5 Å². The lowest BCUT2D eigenvalue weighted by molar-refractivity contribution is 0.101. The minimum atomic E-state index is 0.0335. The topological polar surface area (TPSA) is 46.3 Å². The van der Waals surface area contributed by atoms with Gasteiger partial charge in [-0.25, -0.2) is 0 Å². The van der Waals surface area contributed by atoms with E-state index in [9.17, 15) is 4.79 Å². The Morgan fingerprint density at radius 1 is 1.50 bits per heavy atom. The quantitative estimate of drug-likeness (QED) is 0.623. The number of anilines is 2. The lowest BCUT2D eigenvalue weighted by Crippen LogP contribution is -2.25. The molecule has 86 valence electrons. The number of ketones is 1. The highest BCUT2D eigenvalue weighted by Crippen LogP contribution is 2.32. The van der Waals surface area contributed by atoms with Crippen molar-refractivity contribution in [1.29, 1.82) is 0 Å². The van der Waals surface area contributed by atoms with Gasteiger partial charge < -0.3 is 10.6 Å². The van der Waals surface area contributed by atoms with E-state index in [0.717, 1.165) is 12.2 Å². The molecule has 1 aromatic carbocycles. The molecule has 3 heteroatoms. The van der Waals surface area contributed by atoms with Gasteiger partial charge in [0.15, 0.2) is 5.78 Å². The molecule has 0 bridgehead atoms. The summed E-state index contributed by atoms with van der Waals surface area (Å²) < 4.78 is 0. The van der Waals surface area contributed by atoms with Gasteiger partial charge in [0.2, 0.25) is 0 Å². The fourth-order valence-electron chi connectivity index (χ4n) is 2.07. The number of benzene rings is 1. The number of Topliss-reactive ketones (excluding diaryl/α,β-unsaturated/α-hetero) is 1. The molecule has 0 aliphatic heterocycles. The molecule has 16 heavy (non-hydrogen) atoms. The van der Waals surface area contributed by atoms with Crippen molar-refractivity contribution in [3.63, 3.8) is 0 Å². The first-order chi connectivity index (χ1) is 7.63. The van der Waals surface area contributed by atoms with E-state index in [2.05, 4.69) is 11.8 Å². The van der Waals surface area contributed by atoms with Gasteiger partial charge in [-0.3, -0.25) is 4.79 Å². The number of nitrogens with two attached hydrogens (primary N) is 1. The first kappa shape index (κ1) is 11.0. The van der Waals surface area contributed by atoms with Crippen LogP contribution in [-0.4, -0.2) is 18.4 Å². The Hall–Kier alpha value is -1.51. The van der Waals surface area contributed by atoms with Crippen LogP contribution in [0.15, 0.2) is 18.2 Å². The molecular weight excluding hydrogens is 200 g/mol. The molecule has 2 rings (SSSR count). The zero-order chi connectivity index (χ0) is 11.7. The summed E-state index contributed by atoms with van der Waals surface area (Å²) in [5.41, 5.74) is 8.11. The fraction of sp³-hybridized carbons (Fsp3) is 0.462. The Kier molecular flexibility index (Phi) is 2.86. The van der Waals surface area contributed by atoms with Crippen LogP contribution in [0.25, 0.3) is 0 Å². The minimum Gasteiger partial charge on any atom is -0.398 e. The SMILES string of the molecule is CCN(c1ccc(N)c(C(C)=O)c1)C1CC1. The average molecular weight is 218 g/mol. The molecule has 1 aromatic rings. The molecule has 0 atom stereocenters. The van der Waals surface area contributed by atoms with Crippen LogP contribution in [0.3, 0.4) is 0 Å². The molecule has 0 unspecified atom stereocenters. The second-order valence-electron chi connectivity index (χ2n) is 4.34. The Balaban J connectivity index is 2.33. The van der Waals surface area contributed by atoms with Crippen molar-refractivity contribution < 1.29 is 4.79 Å². The van der Waals surface area contributed by atoms with E-state index in [1.54, 1.807) is 6.92 Å². The van der Waals surface area contributed by atoms with Gasteiger partial charge in [-0.2, -0.15) is 0 Å². The molecule has 1 aliphatic carbocycles. The summed E-state index contributed by atoms with van der Waals surface area (Å²) >= 11 is 0. The summed E-state index contributed by atoms with van der Waals surface area (Å²) in [5, 5.41) is 0. The first-order valence-corrected chi connectivity index (χ1v) is 5.80. The number of hydrogen-bond acceptors (Lipinski definition) is 3. The van der Waals surface area contributed by atoms with Crippen molar-refractivity contribution in [2.75, 3.05) is 17.2 Å². The van der Waals surface area contributed by atoms with Gasteiger partial charge >= 0.3 is 0 Å².